The van der Waals surface area contributed by atoms with Crippen LogP contribution in [0.25, 0.3) is 0 Å². The molecular formula is C13H27NO. The van der Waals surface area contributed by atoms with Crippen LogP contribution in [-0.2, 0) is 4.74 Å². The number of hydrogen-bond donors (Lipinski definition) is 1. The summed E-state index contributed by atoms with van der Waals surface area (Å²) < 4.78 is 5.57. The highest BCUT2D eigenvalue weighted by atomic mass is 16.5. The van der Waals surface area contributed by atoms with Crippen molar-refractivity contribution in [3.8, 4) is 0 Å². The molecule has 0 spiro atoms. The molecule has 0 bridgehead atoms. The van der Waals surface area contributed by atoms with Gasteiger partial charge in [-0.15, -0.1) is 0 Å². The molecule has 15 heavy (non-hydrogen) atoms. The van der Waals surface area contributed by atoms with Gasteiger partial charge in [-0.2, -0.15) is 0 Å². The van der Waals surface area contributed by atoms with Gasteiger partial charge >= 0.3 is 0 Å². The minimum Gasteiger partial charge on any atom is -0.381 e. The summed E-state index contributed by atoms with van der Waals surface area (Å²) in [5.74, 6) is 1.73. The fourth-order valence-corrected chi connectivity index (χ4v) is 1.78. The molecule has 90 valence electrons. The molecule has 2 nitrogen and oxygen atoms in total. The third kappa shape index (κ3) is 7.80. The van der Waals surface area contributed by atoms with E-state index < -0.39 is 0 Å². The predicted molar refractivity (Wildman–Crippen MR) is 65.1 cm³/mol. The number of nitrogens with one attached hydrogen (secondary N) is 1. The van der Waals surface area contributed by atoms with E-state index in [1.54, 1.807) is 0 Å². The summed E-state index contributed by atoms with van der Waals surface area (Å²) in [5, 5.41) is 3.49. The molecule has 1 saturated carbocycles. The first kappa shape index (κ1) is 13.0. The van der Waals surface area contributed by atoms with Crippen LogP contribution in [0.15, 0.2) is 0 Å². The van der Waals surface area contributed by atoms with Gasteiger partial charge in [-0.05, 0) is 50.6 Å². The number of rotatable bonds is 10. The van der Waals surface area contributed by atoms with Crippen molar-refractivity contribution in [3.63, 3.8) is 0 Å². The van der Waals surface area contributed by atoms with Gasteiger partial charge in [0.2, 0.25) is 0 Å². The lowest BCUT2D eigenvalue weighted by molar-refractivity contribution is 0.122. The minimum atomic E-state index is 0.822. The lowest BCUT2D eigenvalue weighted by Crippen LogP contribution is -2.23. The maximum atomic E-state index is 5.57. The second kappa shape index (κ2) is 8.12. The molecule has 0 aromatic rings. The smallest absolute Gasteiger partial charge is 0.0494 e. The van der Waals surface area contributed by atoms with Crippen LogP contribution in [-0.4, -0.2) is 26.3 Å². The molecule has 1 aliphatic rings. The number of hydrogen-bond acceptors (Lipinski definition) is 2. The van der Waals surface area contributed by atoms with E-state index in [-0.39, 0.29) is 0 Å². The van der Waals surface area contributed by atoms with Crippen LogP contribution in [0.2, 0.25) is 0 Å². The monoisotopic (exact) mass is 213 g/mol. The van der Waals surface area contributed by atoms with Gasteiger partial charge in [0.15, 0.2) is 0 Å². The molecule has 0 heterocycles. The molecule has 2 heteroatoms. The van der Waals surface area contributed by atoms with Crippen LogP contribution in [0.5, 0.6) is 0 Å². The van der Waals surface area contributed by atoms with E-state index in [0.29, 0.717) is 0 Å². The Morgan fingerprint density at radius 1 is 1.40 bits per heavy atom. The first-order valence-electron chi connectivity index (χ1n) is 6.61. The lowest BCUT2D eigenvalue weighted by atomic mass is 10.1. The SMILES string of the molecule is CCCC(C)CNCCCOCC1CC1. The second-order valence-corrected chi connectivity index (χ2v) is 4.97. The molecular weight excluding hydrogens is 186 g/mol. The summed E-state index contributed by atoms with van der Waals surface area (Å²) in [6.07, 6.45) is 6.59. The van der Waals surface area contributed by atoms with Crippen LogP contribution in [0, 0.1) is 11.8 Å². The van der Waals surface area contributed by atoms with Crippen LogP contribution in [0.1, 0.15) is 46.0 Å². The summed E-state index contributed by atoms with van der Waals surface area (Å²) in [6, 6.07) is 0. The highest BCUT2D eigenvalue weighted by Gasteiger charge is 2.20. The van der Waals surface area contributed by atoms with Crippen LogP contribution < -0.4 is 5.32 Å². The van der Waals surface area contributed by atoms with Gasteiger partial charge < -0.3 is 10.1 Å². The van der Waals surface area contributed by atoms with E-state index in [4.69, 9.17) is 4.74 Å². The summed E-state index contributed by atoms with van der Waals surface area (Å²) in [6.45, 7) is 8.79. The van der Waals surface area contributed by atoms with Crippen molar-refractivity contribution < 1.29 is 4.74 Å². The molecule has 0 amide bonds. The molecule has 0 aliphatic heterocycles. The third-order valence-corrected chi connectivity index (χ3v) is 2.97. The Morgan fingerprint density at radius 2 is 2.20 bits per heavy atom. The van der Waals surface area contributed by atoms with Gasteiger partial charge in [-0.1, -0.05) is 20.3 Å². The first-order valence-corrected chi connectivity index (χ1v) is 6.61. The van der Waals surface area contributed by atoms with E-state index >= 15 is 0 Å². The van der Waals surface area contributed by atoms with Crippen molar-refractivity contribution in [3.05, 3.63) is 0 Å². The summed E-state index contributed by atoms with van der Waals surface area (Å²) in [4.78, 5) is 0. The van der Waals surface area contributed by atoms with Crippen molar-refractivity contribution >= 4 is 0 Å². The van der Waals surface area contributed by atoms with Gasteiger partial charge in [-0.25, -0.2) is 0 Å². The Balaban J connectivity index is 1.72. The maximum Gasteiger partial charge on any atom is 0.0494 e. The Hall–Kier alpha value is -0.0800. The first-order chi connectivity index (χ1) is 7.33. The lowest BCUT2D eigenvalue weighted by Gasteiger charge is -2.11. The van der Waals surface area contributed by atoms with Crippen molar-refractivity contribution in [2.45, 2.75) is 46.0 Å². The average Bonchev–Trinajstić information content (AvgIpc) is 3.00. The highest BCUT2D eigenvalue weighted by molar-refractivity contribution is 4.71. The van der Waals surface area contributed by atoms with Gasteiger partial charge in [0, 0.05) is 13.2 Å². The molecule has 1 atom stereocenters. The zero-order chi connectivity index (χ0) is 10.9. The van der Waals surface area contributed by atoms with Crippen molar-refractivity contribution in [2.75, 3.05) is 26.3 Å². The second-order valence-electron chi connectivity index (χ2n) is 4.97. The molecule has 0 saturated heterocycles. The molecule has 1 rings (SSSR count). The normalized spacial score (nSPS) is 18.0. The zero-order valence-corrected chi connectivity index (χ0v) is 10.4. The van der Waals surface area contributed by atoms with E-state index in [9.17, 15) is 0 Å². The molecule has 1 N–H and O–H groups in total. The largest absolute Gasteiger partial charge is 0.381 e. The number of ether oxygens (including phenoxy) is 1. The summed E-state index contributed by atoms with van der Waals surface area (Å²) in [5.41, 5.74) is 0. The molecule has 0 radical (unpaired) electrons. The van der Waals surface area contributed by atoms with Crippen LogP contribution in [0.4, 0.5) is 0 Å². The quantitative estimate of drug-likeness (QED) is 0.563. The van der Waals surface area contributed by atoms with Gasteiger partial charge in [0.25, 0.3) is 0 Å². The molecule has 1 aliphatic carbocycles. The van der Waals surface area contributed by atoms with Gasteiger partial charge in [0.05, 0.1) is 0 Å². The molecule has 0 aromatic heterocycles. The predicted octanol–water partition coefficient (Wildman–Crippen LogP) is 2.83. The third-order valence-electron chi connectivity index (χ3n) is 2.97. The topological polar surface area (TPSA) is 21.3 Å². The van der Waals surface area contributed by atoms with E-state index in [1.165, 1.54) is 25.7 Å². The van der Waals surface area contributed by atoms with Crippen LogP contribution >= 0.6 is 0 Å². The standard InChI is InChI=1S/C13H27NO/c1-3-5-12(2)10-14-8-4-9-15-11-13-6-7-13/h12-14H,3-11H2,1-2H3. The maximum absolute atomic E-state index is 5.57. The average molecular weight is 213 g/mol. The van der Waals surface area contributed by atoms with Crippen molar-refractivity contribution in [1.29, 1.82) is 0 Å². The Morgan fingerprint density at radius 3 is 2.87 bits per heavy atom. The van der Waals surface area contributed by atoms with E-state index in [1.807, 2.05) is 0 Å². The van der Waals surface area contributed by atoms with Gasteiger partial charge in [-0.3, -0.25) is 0 Å². The summed E-state index contributed by atoms with van der Waals surface area (Å²) >= 11 is 0. The fourth-order valence-electron chi connectivity index (χ4n) is 1.78. The molecule has 0 aromatic carbocycles. The van der Waals surface area contributed by atoms with Crippen molar-refractivity contribution in [1.82, 2.24) is 5.32 Å². The zero-order valence-electron chi connectivity index (χ0n) is 10.4. The Labute approximate surface area is 94.8 Å². The van der Waals surface area contributed by atoms with Crippen molar-refractivity contribution in [2.24, 2.45) is 11.8 Å². The molecule has 1 unspecified atom stereocenters. The molecule has 1 fully saturated rings. The Kier molecular flexibility index (Phi) is 7.03. The Bertz CT molecular complexity index is 145. The summed E-state index contributed by atoms with van der Waals surface area (Å²) in [7, 11) is 0. The van der Waals surface area contributed by atoms with E-state index in [0.717, 1.165) is 44.6 Å². The van der Waals surface area contributed by atoms with E-state index in [2.05, 4.69) is 19.2 Å². The van der Waals surface area contributed by atoms with Gasteiger partial charge in [0.1, 0.15) is 0 Å². The minimum absolute atomic E-state index is 0.822. The van der Waals surface area contributed by atoms with Crippen LogP contribution in [0.3, 0.4) is 0 Å². The fraction of sp³-hybridized carbons (Fsp3) is 1.00. The highest BCUT2D eigenvalue weighted by Crippen LogP contribution is 2.28.